The van der Waals surface area contributed by atoms with E-state index in [0.29, 0.717) is 18.5 Å². The van der Waals surface area contributed by atoms with Gasteiger partial charge in [-0.25, -0.2) is 0 Å². The molecule has 3 aliphatic rings. The van der Waals surface area contributed by atoms with Gasteiger partial charge >= 0.3 is 0 Å². The lowest BCUT2D eigenvalue weighted by molar-refractivity contribution is -0.136. The van der Waals surface area contributed by atoms with Gasteiger partial charge in [0.05, 0.1) is 0 Å². The van der Waals surface area contributed by atoms with Crippen molar-refractivity contribution in [2.24, 2.45) is 0 Å². The highest BCUT2D eigenvalue weighted by atomic mass is 16.2. The molecule has 0 spiro atoms. The van der Waals surface area contributed by atoms with E-state index >= 15 is 0 Å². The first kappa shape index (κ1) is 14.2. The molecule has 3 heterocycles. The number of anilines is 1. The number of carbonyl (C=O) groups is 3. The van der Waals surface area contributed by atoms with Gasteiger partial charge in [0.2, 0.25) is 11.8 Å². The summed E-state index contributed by atoms with van der Waals surface area (Å²) in [5.41, 5.74) is 2.81. The van der Waals surface area contributed by atoms with Crippen LogP contribution in [-0.2, 0) is 16.1 Å². The van der Waals surface area contributed by atoms with Crippen LogP contribution in [-0.4, -0.2) is 41.8 Å². The molecule has 3 aliphatic heterocycles. The minimum atomic E-state index is -0.539. The first-order valence-corrected chi connectivity index (χ1v) is 8.16. The number of rotatable bonds is 2. The molecule has 6 nitrogen and oxygen atoms in total. The molecule has 1 N–H and O–H groups in total. The van der Waals surface area contributed by atoms with Crippen LogP contribution in [0.5, 0.6) is 0 Å². The fraction of sp³-hybridized carbons (Fsp3) is 0.471. The molecule has 1 aromatic rings. The van der Waals surface area contributed by atoms with Gasteiger partial charge in [-0.2, -0.15) is 0 Å². The number of piperidine rings is 1. The maximum absolute atomic E-state index is 12.6. The Morgan fingerprint density at radius 3 is 2.61 bits per heavy atom. The number of nitrogens with one attached hydrogen (secondary N) is 1. The van der Waals surface area contributed by atoms with E-state index in [4.69, 9.17) is 0 Å². The summed E-state index contributed by atoms with van der Waals surface area (Å²) in [6.45, 7) is 2.56. The lowest BCUT2D eigenvalue weighted by Gasteiger charge is -2.29. The van der Waals surface area contributed by atoms with Gasteiger partial charge in [-0.1, -0.05) is 0 Å². The molecule has 0 saturated carbocycles. The standard InChI is InChI=1S/C17H19N3O3/c21-15-6-5-14(16(22)18-15)20-10-11-9-12(19-7-1-2-8-19)3-4-13(11)17(20)23/h3-4,9,14H,1-2,5-8,10H2,(H,18,21,22)/t14-/m0/s1. The third-order valence-corrected chi connectivity index (χ3v) is 4.98. The number of nitrogens with zero attached hydrogens (tertiary/aromatic N) is 2. The van der Waals surface area contributed by atoms with Crippen LogP contribution in [0, 0.1) is 0 Å². The Kier molecular flexibility index (Phi) is 3.32. The number of hydrogen-bond acceptors (Lipinski definition) is 4. The monoisotopic (exact) mass is 313 g/mol. The van der Waals surface area contributed by atoms with E-state index in [1.165, 1.54) is 12.8 Å². The number of carbonyl (C=O) groups excluding carboxylic acids is 3. The second-order valence-corrected chi connectivity index (χ2v) is 6.44. The maximum atomic E-state index is 12.6. The predicted molar refractivity (Wildman–Crippen MR) is 83.9 cm³/mol. The zero-order valence-corrected chi connectivity index (χ0v) is 12.9. The highest BCUT2D eigenvalue weighted by molar-refractivity contribution is 6.05. The minimum absolute atomic E-state index is 0.109. The van der Waals surface area contributed by atoms with Crippen LogP contribution >= 0.6 is 0 Å². The van der Waals surface area contributed by atoms with Gasteiger partial charge in [0.25, 0.3) is 5.91 Å². The summed E-state index contributed by atoms with van der Waals surface area (Å²) in [6, 6.07) is 5.40. The lowest BCUT2D eigenvalue weighted by Crippen LogP contribution is -2.52. The summed E-state index contributed by atoms with van der Waals surface area (Å²) >= 11 is 0. The topological polar surface area (TPSA) is 69.7 Å². The summed E-state index contributed by atoms with van der Waals surface area (Å²) in [7, 11) is 0. The average Bonchev–Trinajstić information content (AvgIpc) is 3.16. The fourth-order valence-electron chi connectivity index (χ4n) is 3.73. The second kappa shape index (κ2) is 5.37. The summed E-state index contributed by atoms with van der Waals surface area (Å²) in [5, 5.41) is 2.33. The van der Waals surface area contributed by atoms with E-state index in [9.17, 15) is 14.4 Å². The molecule has 23 heavy (non-hydrogen) atoms. The van der Waals surface area contributed by atoms with Crippen LogP contribution in [0.1, 0.15) is 41.6 Å². The van der Waals surface area contributed by atoms with Gasteiger partial charge in [0, 0.05) is 37.3 Å². The van der Waals surface area contributed by atoms with E-state index in [-0.39, 0.29) is 24.1 Å². The summed E-state index contributed by atoms with van der Waals surface area (Å²) < 4.78 is 0. The molecule has 0 aromatic heterocycles. The Labute approximate surface area is 134 Å². The van der Waals surface area contributed by atoms with Gasteiger partial charge < -0.3 is 9.80 Å². The molecule has 0 unspecified atom stereocenters. The van der Waals surface area contributed by atoms with Gasteiger partial charge in [-0.05, 0) is 43.0 Å². The van der Waals surface area contributed by atoms with Crippen molar-refractivity contribution in [2.75, 3.05) is 18.0 Å². The maximum Gasteiger partial charge on any atom is 0.255 e. The molecule has 4 rings (SSSR count). The Bertz CT molecular complexity index is 694. The number of imide groups is 1. The minimum Gasteiger partial charge on any atom is -0.372 e. The molecule has 3 amide bonds. The van der Waals surface area contributed by atoms with Gasteiger partial charge in [-0.3, -0.25) is 19.7 Å². The first-order chi connectivity index (χ1) is 11.1. The zero-order valence-electron chi connectivity index (χ0n) is 12.9. The van der Waals surface area contributed by atoms with Crippen molar-refractivity contribution in [3.8, 4) is 0 Å². The molecule has 0 aliphatic carbocycles. The van der Waals surface area contributed by atoms with Crippen molar-refractivity contribution in [3.63, 3.8) is 0 Å². The second-order valence-electron chi connectivity index (χ2n) is 6.44. The summed E-state index contributed by atoms with van der Waals surface area (Å²) in [6.07, 6.45) is 3.11. The molecule has 0 bridgehead atoms. The number of benzene rings is 1. The average molecular weight is 313 g/mol. The summed E-state index contributed by atoms with van der Waals surface area (Å²) in [4.78, 5) is 39.8. The van der Waals surface area contributed by atoms with E-state index < -0.39 is 6.04 Å². The van der Waals surface area contributed by atoms with Crippen LogP contribution in [0.4, 0.5) is 5.69 Å². The predicted octanol–water partition coefficient (Wildman–Crippen LogP) is 1.05. The first-order valence-electron chi connectivity index (χ1n) is 8.16. The Morgan fingerprint density at radius 1 is 1.09 bits per heavy atom. The molecule has 2 saturated heterocycles. The largest absolute Gasteiger partial charge is 0.372 e. The van der Waals surface area contributed by atoms with Crippen molar-refractivity contribution in [1.29, 1.82) is 0 Å². The van der Waals surface area contributed by atoms with Crippen LogP contribution in [0.25, 0.3) is 0 Å². The van der Waals surface area contributed by atoms with Crippen molar-refractivity contribution in [1.82, 2.24) is 10.2 Å². The van der Waals surface area contributed by atoms with Crippen molar-refractivity contribution in [3.05, 3.63) is 29.3 Å². The molecule has 6 heteroatoms. The van der Waals surface area contributed by atoms with Crippen LogP contribution < -0.4 is 10.2 Å². The van der Waals surface area contributed by atoms with Gasteiger partial charge in [0.15, 0.2) is 0 Å². The lowest BCUT2D eigenvalue weighted by atomic mass is 10.0. The quantitative estimate of drug-likeness (QED) is 0.829. The Balaban J connectivity index is 1.57. The van der Waals surface area contributed by atoms with Crippen molar-refractivity contribution >= 4 is 23.4 Å². The molecular formula is C17H19N3O3. The Morgan fingerprint density at radius 2 is 1.87 bits per heavy atom. The molecule has 120 valence electrons. The van der Waals surface area contributed by atoms with Crippen LogP contribution in [0.15, 0.2) is 18.2 Å². The number of amides is 3. The molecule has 2 fully saturated rings. The Hall–Kier alpha value is -2.37. The van der Waals surface area contributed by atoms with Crippen LogP contribution in [0.3, 0.4) is 0 Å². The highest BCUT2D eigenvalue weighted by Crippen LogP contribution is 2.31. The SMILES string of the molecule is O=C1CC[C@H](N2Cc3cc(N4CCCC4)ccc3C2=O)C(=O)N1. The fourth-order valence-corrected chi connectivity index (χ4v) is 3.73. The molecular weight excluding hydrogens is 294 g/mol. The molecule has 0 radical (unpaired) electrons. The zero-order chi connectivity index (χ0) is 16.0. The van der Waals surface area contributed by atoms with E-state index in [1.807, 2.05) is 12.1 Å². The number of hydrogen-bond donors (Lipinski definition) is 1. The molecule has 1 atom stereocenters. The highest BCUT2D eigenvalue weighted by Gasteiger charge is 2.39. The third kappa shape index (κ3) is 2.38. The normalized spacial score (nSPS) is 24.2. The van der Waals surface area contributed by atoms with Gasteiger partial charge in [0.1, 0.15) is 6.04 Å². The van der Waals surface area contributed by atoms with E-state index in [2.05, 4.69) is 16.3 Å². The number of fused-ring (bicyclic) bond motifs is 1. The molecule has 1 aromatic carbocycles. The van der Waals surface area contributed by atoms with E-state index in [1.54, 1.807) is 4.90 Å². The van der Waals surface area contributed by atoms with Crippen LogP contribution in [0.2, 0.25) is 0 Å². The van der Waals surface area contributed by atoms with Gasteiger partial charge in [-0.15, -0.1) is 0 Å². The van der Waals surface area contributed by atoms with E-state index in [0.717, 1.165) is 24.3 Å². The van der Waals surface area contributed by atoms with Crippen molar-refractivity contribution < 1.29 is 14.4 Å². The smallest absolute Gasteiger partial charge is 0.255 e. The van der Waals surface area contributed by atoms with Crippen molar-refractivity contribution in [2.45, 2.75) is 38.3 Å². The summed E-state index contributed by atoms with van der Waals surface area (Å²) in [5.74, 6) is -0.726. The third-order valence-electron chi connectivity index (χ3n) is 4.98.